The van der Waals surface area contributed by atoms with E-state index in [2.05, 4.69) is 25.9 Å². The Bertz CT molecular complexity index is 973. The number of amides is 2. The Morgan fingerprint density at radius 3 is 2.14 bits per heavy atom. The van der Waals surface area contributed by atoms with Gasteiger partial charge in [-0.25, -0.2) is 14.4 Å². The van der Waals surface area contributed by atoms with Crippen molar-refractivity contribution in [2.45, 2.75) is 13.3 Å². The third kappa shape index (κ3) is 6.10. The first-order valence-electron chi connectivity index (χ1n) is 8.99. The van der Waals surface area contributed by atoms with Crippen LogP contribution in [0, 0.1) is 5.82 Å². The minimum Gasteiger partial charge on any atom is -0.368 e. The predicted molar refractivity (Wildman–Crippen MR) is 109 cm³/mol. The summed E-state index contributed by atoms with van der Waals surface area (Å²) >= 11 is 0. The normalized spacial score (nSPS) is 10.3. The van der Waals surface area contributed by atoms with Gasteiger partial charge in [-0.15, -0.1) is 0 Å². The molecule has 0 aliphatic rings. The molecule has 0 atom stereocenters. The quantitative estimate of drug-likeness (QED) is 0.571. The van der Waals surface area contributed by atoms with Gasteiger partial charge >= 0.3 is 0 Å². The van der Waals surface area contributed by atoms with Crippen LogP contribution in [0.1, 0.15) is 23.0 Å². The molecule has 3 N–H and O–H groups in total. The molecule has 7 nitrogen and oxygen atoms in total. The summed E-state index contributed by atoms with van der Waals surface area (Å²) in [4.78, 5) is 31.6. The number of carbonyl (C=O) groups excluding carboxylic acids is 2. The SMILES string of the molecule is CC(=O)Nc1ccc(NC(=O)c2cnc(NCCc3ccc(F)cc3)cn2)cc1. The topological polar surface area (TPSA) is 96.0 Å². The third-order valence-electron chi connectivity index (χ3n) is 3.98. The van der Waals surface area contributed by atoms with E-state index < -0.39 is 0 Å². The fourth-order valence-electron chi connectivity index (χ4n) is 2.56. The van der Waals surface area contributed by atoms with Crippen molar-refractivity contribution in [3.8, 4) is 0 Å². The molecule has 0 spiro atoms. The van der Waals surface area contributed by atoms with Crippen molar-refractivity contribution in [1.82, 2.24) is 9.97 Å². The molecule has 0 saturated heterocycles. The van der Waals surface area contributed by atoms with Crippen molar-refractivity contribution in [3.05, 3.63) is 78.0 Å². The second kappa shape index (κ2) is 9.41. The molecule has 2 amide bonds. The highest BCUT2D eigenvalue weighted by Gasteiger charge is 2.09. The van der Waals surface area contributed by atoms with Crippen LogP contribution in [0.2, 0.25) is 0 Å². The molecule has 0 aliphatic carbocycles. The summed E-state index contributed by atoms with van der Waals surface area (Å²) in [6.07, 6.45) is 3.58. The Morgan fingerprint density at radius 2 is 1.55 bits per heavy atom. The number of rotatable bonds is 7. The van der Waals surface area contributed by atoms with Gasteiger partial charge in [0.2, 0.25) is 5.91 Å². The van der Waals surface area contributed by atoms with Crippen molar-refractivity contribution in [1.29, 1.82) is 0 Å². The van der Waals surface area contributed by atoms with Gasteiger partial charge in [-0.05, 0) is 48.4 Å². The number of hydrogen-bond acceptors (Lipinski definition) is 5. The lowest BCUT2D eigenvalue weighted by atomic mass is 10.1. The summed E-state index contributed by atoms with van der Waals surface area (Å²) in [6, 6.07) is 13.1. The van der Waals surface area contributed by atoms with Gasteiger partial charge in [0.15, 0.2) is 0 Å². The lowest BCUT2D eigenvalue weighted by molar-refractivity contribution is -0.114. The standard InChI is InChI=1S/C21H20FN5O2/c1-14(28)26-17-6-8-18(9-7-17)27-21(29)19-12-25-20(13-24-19)23-11-10-15-2-4-16(22)5-3-15/h2-9,12-13H,10-11H2,1H3,(H,23,25)(H,26,28)(H,27,29). The maximum absolute atomic E-state index is 12.9. The minimum atomic E-state index is -0.386. The molecular formula is C21H20FN5O2. The first-order valence-corrected chi connectivity index (χ1v) is 8.99. The van der Waals surface area contributed by atoms with Crippen molar-refractivity contribution >= 4 is 29.0 Å². The Labute approximate surface area is 167 Å². The second-order valence-electron chi connectivity index (χ2n) is 6.30. The third-order valence-corrected chi connectivity index (χ3v) is 3.98. The molecule has 0 fully saturated rings. The first-order chi connectivity index (χ1) is 14.0. The zero-order valence-electron chi connectivity index (χ0n) is 15.8. The van der Waals surface area contributed by atoms with E-state index in [-0.39, 0.29) is 23.3 Å². The molecule has 0 unspecified atom stereocenters. The van der Waals surface area contributed by atoms with Crippen LogP contribution in [0.4, 0.5) is 21.6 Å². The maximum Gasteiger partial charge on any atom is 0.275 e. The molecule has 0 radical (unpaired) electrons. The average Bonchev–Trinajstić information content (AvgIpc) is 2.71. The number of carbonyl (C=O) groups is 2. The lowest BCUT2D eigenvalue weighted by Crippen LogP contribution is -2.15. The number of halogens is 1. The maximum atomic E-state index is 12.9. The smallest absolute Gasteiger partial charge is 0.275 e. The molecule has 8 heteroatoms. The van der Waals surface area contributed by atoms with Crippen molar-refractivity contribution in [3.63, 3.8) is 0 Å². The number of nitrogens with one attached hydrogen (secondary N) is 3. The zero-order chi connectivity index (χ0) is 20.6. The van der Waals surface area contributed by atoms with Crippen LogP contribution in [0.15, 0.2) is 60.9 Å². The van der Waals surface area contributed by atoms with E-state index in [1.54, 1.807) is 36.4 Å². The van der Waals surface area contributed by atoms with Crippen molar-refractivity contribution in [2.24, 2.45) is 0 Å². The summed E-state index contributed by atoms with van der Waals surface area (Å²) < 4.78 is 12.9. The van der Waals surface area contributed by atoms with E-state index in [9.17, 15) is 14.0 Å². The molecule has 29 heavy (non-hydrogen) atoms. The molecule has 1 aromatic heterocycles. The Morgan fingerprint density at radius 1 is 0.897 bits per heavy atom. The van der Waals surface area contributed by atoms with Gasteiger partial charge in [-0.1, -0.05) is 12.1 Å². The van der Waals surface area contributed by atoms with Gasteiger partial charge in [-0.2, -0.15) is 0 Å². The van der Waals surface area contributed by atoms with Gasteiger partial charge in [0, 0.05) is 24.8 Å². The van der Waals surface area contributed by atoms with Crippen molar-refractivity contribution < 1.29 is 14.0 Å². The minimum absolute atomic E-state index is 0.163. The van der Waals surface area contributed by atoms with E-state index in [0.717, 1.165) is 5.56 Å². The summed E-state index contributed by atoms with van der Waals surface area (Å²) in [5.41, 5.74) is 2.41. The molecule has 1 heterocycles. The van der Waals surface area contributed by atoms with E-state index in [1.807, 2.05) is 0 Å². The number of anilines is 3. The zero-order valence-corrected chi connectivity index (χ0v) is 15.8. The number of nitrogens with zero attached hydrogens (tertiary/aromatic N) is 2. The average molecular weight is 393 g/mol. The summed E-state index contributed by atoms with van der Waals surface area (Å²) in [5, 5.41) is 8.49. The van der Waals surface area contributed by atoms with Gasteiger partial charge in [0.25, 0.3) is 5.91 Å². The fourth-order valence-corrected chi connectivity index (χ4v) is 2.56. The van der Waals surface area contributed by atoms with E-state index in [4.69, 9.17) is 0 Å². The first kappa shape index (κ1) is 19.9. The summed E-state index contributed by atoms with van der Waals surface area (Å²) in [5.74, 6) is -0.264. The summed E-state index contributed by atoms with van der Waals surface area (Å²) in [7, 11) is 0. The Hall–Kier alpha value is -3.81. The van der Waals surface area contributed by atoms with E-state index in [0.29, 0.717) is 30.2 Å². The highest BCUT2D eigenvalue weighted by Crippen LogP contribution is 2.14. The van der Waals surface area contributed by atoms with Crippen LogP contribution in [0.3, 0.4) is 0 Å². The lowest BCUT2D eigenvalue weighted by Gasteiger charge is -2.08. The van der Waals surface area contributed by atoms with Gasteiger partial charge in [0.05, 0.1) is 12.4 Å². The van der Waals surface area contributed by atoms with E-state index >= 15 is 0 Å². The molecule has 0 aliphatic heterocycles. The fraction of sp³-hybridized carbons (Fsp3) is 0.143. The number of aromatic nitrogens is 2. The summed E-state index contributed by atoms with van der Waals surface area (Å²) in [6.45, 7) is 2.03. The largest absolute Gasteiger partial charge is 0.368 e. The van der Waals surface area contributed by atoms with Crippen molar-refractivity contribution in [2.75, 3.05) is 22.5 Å². The van der Waals surface area contributed by atoms with Gasteiger partial charge in [-0.3, -0.25) is 9.59 Å². The van der Waals surface area contributed by atoms with Crippen LogP contribution >= 0.6 is 0 Å². The molecule has 0 saturated carbocycles. The van der Waals surface area contributed by atoms with Crippen LogP contribution in [-0.4, -0.2) is 28.3 Å². The van der Waals surface area contributed by atoms with Gasteiger partial charge in [0.1, 0.15) is 17.3 Å². The van der Waals surface area contributed by atoms with Crippen LogP contribution in [0.5, 0.6) is 0 Å². The van der Waals surface area contributed by atoms with Crippen LogP contribution in [-0.2, 0) is 11.2 Å². The monoisotopic (exact) mass is 393 g/mol. The molecular weight excluding hydrogens is 373 g/mol. The molecule has 3 rings (SSSR count). The highest BCUT2D eigenvalue weighted by molar-refractivity contribution is 6.02. The molecule has 2 aromatic carbocycles. The predicted octanol–water partition coefficient (Wildman–Crippen LogP) is 3.48. The Balaban J connectivity index is 1.50. The molecule has 148 valence electrons. The molecule has 0 bridgehead atoms. The van der Waals surface area contributed by atoms with E-state index in [1.165, 1.54) is 31.5 Å². The number of hydrogen-bond donors (Lipinski definition) is 3. The second-order valence-corrected chi connectivity index (χ2v) is 6.30. The van der Waals surface area contributed by atoms with Crippen LogP contribution in [0.25, 0.3) is 0 Å². The molecule has 3 aromatic rings. The number of benzene rings is 2. The Kier molecular flexibility index (Phi) is 6.47. The van der Waals surface area contributed by atoms with Gasteiger partial charge < -0.3 is 16.0 Å². The van der Waals surface area contributed by atoms with Crippen LogP contribution < -0.4 is 16.0 Å². The highest BCUT2D eigenvalue weighted by atomic mass is 19.1.